The lowest BCUT2D eigenvalue weighted by atomic mass is 9.94. The molecule has 0 saturated carbocycles. The first-order valence-electron chi connectivity index (χ1n) is 14.5. The van der Waals surface area contributed by atoms with Gasteiger partial charge in [0.1, 0.15) is 34.0 Å². The summed E-state index contributed by atoms with van der Waals surface area (Å²) < 4.78 is 21.0. The highest BCUT2D eigenvalue weighted by atomic mass is 16.3. The molecule has 0 atom stereocenters. The van der Waals surface area contributed by atoms with E-state index in [1.165, 1.54) is 0 Å². The molecular weight excluding hydrogens is 552 g/mol. The quantitative estimate of drug-likeness (QED) is 0.142. The molecule has 44 heavy (non-hydrogen) atoms. The van der Waals surface area contributed by atoms with E-state index >= 15 is 0 Å². The number of H-pyrrole nitrogens is 3. The molecule has 0 fully saturated rings. The summed E-state index contributed by atoms with van der Waals surface area (Å²) in [4.78, 5) is 8.33. The highest BCUT2D eigenvalue weighted by molar-refractivity contribution is 6.33. The van der Waals surface area contributed by atoms with Gasteiger partial charge in [-0.05, 0) is 58.8 Å². The molecule has 0 unspecified atom stereocenters. The molecule has 8 heterocycles. The van der Waals surface area contributed by atoms with Crippen molar-refractivity contribution in [2.24, 2.45) is 0 Å². The highest BCUT2D eigenvalue weighted by Crippen LogP contribution is 2.44. The molecule has 10 heteroatoms. The van der Waals surface area contributed by atoms with E-state index in [9.17, 15) is 0 Å². The first-order chi connectivity index (χ1) is 21.8. The molecule has 206 valence electrons. The van der Waals surface area contributed by atoms with Crippen LogP contribution in [0.1, 0.15) is 0 Å². The van der Waals surface area contributed by atoms with Crippen LogP contribution in [0.3, 0.4) is 0 Å². The number of aromatic nitrogens is 8. The lowest BCUT2D eigenvalue weighted by Gasteiger charge is -2.09. The van der Waals surface area contributed by atoms with Crippen LogP contribution in [-0.4, -0.2) is 33.9 Å². The molecule has 12 rings (SSSR count). The number of rotatable bonds is 1. The van der Waals surface area contributed by atoms with E-state index in [0.717, 1.165) is 98.9 Å². The Hall–Kier alpha value is -6.42. The highest BCUT2D eigenvalue weighted by Gasteiger charge is 2.26. The van der Waals surface area contributed by atoms with Crippen molar-refractivity contribution in [1.29, 1.82) is 0 Å². The van der Waals surface area contributed by atoms with Crippen LogP contribution >= 0.6 is 0 Å². The molecule has 0 spiro atoms. The van der Waals surface area contributed by atoms with Crippen molar-refractivity contribution in [3.63, 3.8) is 0 Å². The van der Waals surface area contributed by atoms with Gasteiger partial charge in [0.2, 0.25) is 11.8 Å². The number of benzene rings is 4. The van der Waals surface area contributed by atoms with Crippen molar-refractivity contribution < 1.29 is 13.3 Å². The summed E-state index contributed by atoms with van der Waals surface area (Å²) in [5, 5.41) is 14.8. The second kappa shape index (κ2) is 6.96. The van der Waals surface area contributed by atoms with Crippen LogP contribution in [0.5, 0.6) is 0 Å². The predicted octanol–water partition coefficient (Wildman–Crippen LogP) is 7.33. The minimum atomic E-state index is 0.823. The molecule has 0 radical (unpaired) electrons. The predicted molar refractivity (Wildman–Crippen MR) is 168 cm³/mol. The van der Waals surface area contributed by atoms with Crippen LogP contribution in [-0.2, 0) is 0 Å². The van der Waals surface area contributed by atoms with Crippen molar-refractivity contribution in [3.8, 4) is 11.1 Å². The molecule has 4 aromatic carbocycles. The number of furan rings is 2. The maximum Gasteiger partial charge on any atom is 0.209 e. The van der Waals surface area contributed by atoms with Gasteiger partial charge in [-0.15, -0.1) is 9.03 Å². The normalized spacial score (nSPS) is 13.0. The average molecular weight is 572 g/mol. The second-order valence-corrected chi connectivity index (χ2v) is 11.6. The zero-order valence-corrected chi connectivity index (χ0v) is 22.8. The van der Waals surface area contributed by atoms with Crippen LogP contribution in [0.15, 0.2) is 107 Å². The summed E-state index contributed by atoms with van der Waals surface area (Å²) in [7, 11) is 0. The standard InChI is InChI=1S/C34H19N8O2/c1-3-21-26-23(4-1)44-33-18(10-13-40(32(26)33)37-41-14-11-35-34(21)41)17-6-7-19-20-8-9-24-28-27(20)31-29(22(19)15-17)36-16-42(31)38-39-12-2-5-25(43-24)30(28)39/h1-16,35,37-38H/q+1. The number of hydrogen-bond donors (Lipinski definition) is 3. The summed E-state index contributed by atoms with van der Waals surface area (Å²) in [6.07, 6.45) is 9.84. The lowest BCUT2D eigenvalue weighted by Crippen LogP contribution is -2.26. The smallest absolute Gasteiger partial charge is 0.209 e. The number of pyridine rings is 2. The van der Waals surface area contributed by atoms with Crippen LogP contribution in [0.4, 0.5) is 0 Å². The fourth-order valence-corrected chi connectivity index (χ4v) is 7.60. The Bertz CT molecular complexity index is 3180. The van der Waals surface area contributed by atoms with E-state index in [4.69, 9.17) is 13.8 Å². The first-order valence-corrected chi connectivity index (χ1v) is 14.5. The Morgan fingerprint density at radius 2 is 1.64 bits per heavy atom. The van der Waals surface area contributed by atoms with Gasteiger partial charge in [0.05, 0.1) is 10.8 Å². The van der Waals surface area contributed by atoms with Gasteiger partial charge in [0.15, 0.2) is 16.7 Å². The van der Waals surface area contributed by atoms with Crippen molar-refractivity contribution >= 4 is 87.7 Å². The topological polar surface area (TPSA) is 104 Å². The van der Waals surface area contributed by atoms with Crippen molar-refractivity contribution in [1.82, 2.24) is 33.9 Å². The summed E-state index contributed by atoms with van der Waals surface area (Å²) >= 11 is 0. The Morgan fingerprint density at radius 3 is 2.64 bits per heavy atom. The third-order valence-corrected chi connectivity index (χ3v) is 9.40. The molecule has 0 saturated heterocycles. The van der Waals surface area contributed by atoms with Gasteiger partial charge in [-0.1, -0.05) is 29.5 Å². The molecule has 0 bridgehead atoms. The van der Waals surface area contributed by atoms with Crippen LogP contribution in [0.2, 0.25) is 0 Å². The Balaban J connectivity index is 1.23. The summed E-state index contributed by atoms with van der Waals surface area (Å²) in [6, 6.07) is 23.2. The molecule has 10 nitrogen and oxygen atoms in total. The van der Waals surface area contributed by atoms with Crippen molar-refractivity contribution in [2.45, 2.75) is 0 Å². The minimum absolute atomic E-state index is 0.823. The molecule has 0 aliphatic heterocycles. The maximum absolute atomic E-state index is 6.63. The maximum atomic E-state index is 6.63. The lowest BCUT2D eigenvalue weighted by molar-refractivity contribution is -0.586. The molecule has 8 aromatic heterocycles. The van der Waals surface area contributed by atoms with Gasteiger partial charge in [-0.25, -0.2) is 19.2 Å². The third-order valence-electron chi connectivity index (χ3n) is 9.40. The van der Waals surface area contributed by atoms with Crippen molar-refractivity contribution in [2.75, 3.05) is 0 Å². The molecule has 0 aliphatic rings. The van der Waals surface area contributed by atoms with E-state index < -0.39 is 0 Å². The number of nitrogens with zero attached hydrogens (tertiary/aromatic N) is 5. The van der Waals surface area contributed by atoms with E-state index in [2.05, 4.69) is 64.1 Å². The van der Waals surface area contributed by atoms with Gasteiger partial charge in [-0.2, -0.15) is 0 Å². The summed E-state index contributed by atoms with van der Waals surface area (Å²) in [5.41, 5.74) is 10.4. The minimum Gasteiger partial charge on any atom is -0.454 e. The number of hydrogen-bond acceptors (Lipinski definition) is 3. The second-order valence-electron chi connectivity index (χ2n) is 11.6. The number of fused-ring (bicyclic) bond motifs is 5. The molecule has 0 amide bonds. The third kappa shape index (κ3) is 2.31. The number of nitrogens with one attached hydrogen (secondary N) is 3. The SMILES string of the molecule is c1cc2oc3c(-c4ccc5c(c4)c4ncn6[nH][n+]7cccc8oc9ccc5c(c9c87)c46)ccn4[nH]n5cc[nH]c5c(c1)c2c34. The van der Waals surface area contributed by atoms with E-state index in [1.807, 2.05) is 67.2 Å². The van der Waals surface area contributed by atoms with Crippen molar-refractivity contribution in [3.05, 3.63) is 97.8 Å². The Morgan fingerprint density at radius 1 is 0.705 bits per heavy atom. The summed E-state index contributed by atoms with van der Waals surface area (Å²) in [6.45, 7) is 0. The Labute approximate surface area is 243 Å². The van der Waals surface area contributed by atoms with Gasteiger partial charge in [0.25, 0.3) is 0 Å². The molecular formula is C34H19N8O2+. The fourth-order valence-electron chi connectivity index (χ4n) is 7.60. The van der Waals surface area contributed by atoms with Gasteiger partial charge >= 0.3 is 0 Å². The zero-order valence-electron chi connectivity index (χ0n) is 22.8. The average Bonchev–Trinajstić information content (AvgIpc) is 3.82. The largest absolute Gasteiger partial charge is 0.454 e. The van der Waals surface area contributed by atoms with E-state index in [0.29, 0.717) is 0 Å². The van der Waals surface area contributed by atoms with Gasteiger partial charge < -0.3 is 13.8 Å². The fraction of sp³-hybridized carbons (Fsp3) is 0. The number of aromatic amines is 3. The molecule has 12 aromatic rings. The van der Waals surface area contributed by atoms with Gasteiger partial charge in [0, 0.05) is 40.3 Å². The first kappa shape index (κ1) is 21.3. The Kier molecular flexibility index (Phi) is 3.37. The molecule has 0 aliphatic carbocycles. The van der Waals surface area contributed by atoms with Crippen LogP contribution in [0.25, 0.3) is 98.9 Å². The number of imidazole rings is 2. The van der Waals surface area contributed by atoms with Crippen LogP contribution < -0.4 is 4.52 Å². The summed E-state index contributed by atoms with van der Waals surface area (Å²) in [5.74, 6) is 0. The van der Waals surface area contributed by atoms with E-state index in [-0.39, 0.29) is 0 Å². The zero-order chi connectivity index (χ0) is 28.3. The van der Waals surface area contributed by atoms with Crippen LogP contribution in [0, 0.1) is 0 Å². The van der Waals surface area contributed by atoms with E-state index in [1.54, 1.807) is 0 Å². The monoisotopic (exact) mass is 571 g/mol. The molecule has 3 N–H and O–H groups in total. The van der Waals surface area contributed by atoms with Gasteiger partial charge in [-0.3, -0.25) is 0 Å².